The Morgan fingerprint density at radius 1 is 1.09 bits per heavy atom. The number of hydrogen-bond donors (Lipinski definition) is 2. The number of carboxylic acids is 2. The molecular formula is C23H39N3O4S2. The van der Waals surface area contributed by atoms with Crippen LogP contribution in [0.15, 0.2) is 5.03 Å². The van der Waals surface area contributed by atoms with E-state index in [2.05, 4.69) is 25.7 Å². The van der Waals surface area contributed by atoms with Gasteiger partial charge in [0.2, 0.25) is 0 Å². The predicted molar refractivity (Wildman–Crippen MR) is 130 cm³/mol. The lowest BCUT2D eigenvalue weighted by atomic mass is 9.89. The molecule has 0 saturated carbocycles. The first kappa shape index (κ1) is 27.1. The Bertz CT molecular complexity index is 701. The molecule has 2 bridgehead atoms. The lowest BCUT2D eigenvalue weighted by molar-refractivity contribution is -0.159. The van der Waals surface area contributed by atoms with Crippen LogP contribution in [0.5, 0.6) is 0 Å². The maximum absolute atomic E-state index is 9.10. The molecule has 3 rings (SSSR count). The van der Waals surface area contributed by atoms with Gasteiger partial charge in [0.15, 0.2) is 0 Å². The monoisotopic (exact) mass is 485 g/mol. The SMILES string of the molecule is CCCCCCCCC(Sc1nsnc1C1CN2CCCC1C2)C(C)C.O=C(O)C(=O)O. The molecule has 32 heavy (non-hydrogen) atoms. The topological polar surface area (TPSA) is 104 Å². The van der Waals surface area contributed by atoms with Crippen molar-refractivity contribution in [1.29, 1.82) is 0 Å². The molecule has 9 heteroatoms. The number of hydrogen-bond acceptors (Lipinski definition) is 7. The van der Waals surface area contributed by atoms with Crippen LogP contribution in [0.2, 0.25) is 0 Å². The van der Waals surface area contributed by atoms with Crippen molar-refractivity contribution in [3.8, 4) is 0 Å². The van der Waals surface area contributed by atoms with E-state index in [1.165, 1.54) is 99.9 Å². The minimum Gasteiger partial charge on any atom is -0.473 e. The summed E-state index contributed by atoms with van der Waals surface area (Å²) < 4.78 is 9.53. The van der Waals surface area contributed by atoms with E-state index in [1.807, 2.05) is 11.8 Å². The van der Waals surface area contributed by atoms with E-state index >= 15 is 0 Å². The van der Waals surface area contributed by atoms with Crippen molar-refractivity contribution in [2.45, 2.75) is 94.8 Å². The summed E-state index contributed by atoms with van der Waals surface area (Å²) in [6.45, 7) is 10.8. The van der Waals surface area contributed by atoms with Gasteiger partial charge in [0, 0.05) is 24.3 Å². The zero-order valence-corrected chi connectivity index (χ0v) is 21.3. The molecule has 1 aromatic rings. The van der Waals surface area contributed by atoms with E-state index in [0.29, 0.717) is 17.1 Å². The molecule has 2 aliphatic rings. The molecule has 2 aliphatic heterocycles. The summed E-state index contributed by atoms with van der Waals surface area (Å²) in [6, 6.07) is 0. The number of piperidine rings is 1. The lowest BCUT2D eigenvalue weighted by Gasteiger charge is -2.22. The number of aliphatic carboxylic acids is 2. The Morgan fingerprint density at radius 3 is 2.41 bits per heavy atom. The normalized spacial score (nSPS) is 22.9. The second-order valence-corrected chi connectivity index (χ2v) is 11.0. The highest BCUT2D eigenvalue weighted by atomic mass is 32.2. The van der Waals surface area contributed by atoms with Gasteiger partial charge in [-0.05, 0) is 37.6 Å². The van der Waals surface area contributed by atoms with Gasteiger partial charge in [-0.25, -0.2) is 9.59 Å². The van der Waals surface area contributed by atoms with E-state index in [0.717, 1.165) is 5.92 Å². The zero-order valence-electron chi connectivity index (χ0n) is 19.7. The minimum atomic E-state index is -1.82. The standard InChI is InChI=1S/C21H37N3S2.C2H2O4/c1-4-5-6-7-8-9-12-19(16(2)3)25-21-20(22-26-23-21)18-15-24-13-10-11-17(18)14-24;3-1(4)2(5)6/h16-19H,4-15H2,1-3H3;(H,3,4)(H,5,6). The molecule has 4 unspecified atom stereocenters. The molecule has 1 aromatic heterocycles. The summed E-state index contributed by atoms with van der Waals surface area (Å²) in [7, 11) is 0. The average Bonchev–Trinajstić information content (AvgIpc) is 3.32. The van der Waals surface area contributed by atoms with E-state index in [9.17, 15) is 0 Å². The fraction of sp³-hybridized carbons (Fsp3) is 0.826. The zero-order chi connectivity index (χ0) is 23.5. The first-order valence-corrected chi connectivity index (χ1v) is 13.6. The Balaban J connectivity index is 0.000000534. The molecule has 2 N–H and O–H groups in total. The molecule has 3 heterocycles. The summed E-state index contributed by atoms with van der Waals surface area (Å²) in [5, 5.41) is 16.7. The van der Waals surface area contributed by atoms with Crippen LogP contribution in [0.3, 0.4) is 0 Å². The number of fused-ring (bicyclic) bond motifs is 2. The lowest BCUT2D eigenvalue weighted by Crippen LogP contribution is -2.25. The number of rotatable bonds is 11. The van der Waals surface area contributed by atoms with Gasteiger partial charge in [0.05, 0.1) is 17.4 Å². The minimum absolute atomic E-state index is 0.639. The maximum Gasteiger partial charge on any atom is 0.414 e. The van der Waals surface area contributed by atoms with Crippen LogP contribution in [0.1, 0.15) is 90.2 Å². The average molecular weight is 486 g/mol. The molecule has 0 spiro atoms. The summed E-state index contributed by atoms with van der Waals surface area (Å²) in [4.78, 5) is 20.8. The van der Waals surface area contributed by atoms with Crippen molar-refractivity contribution >= 4 is 35.4 Å². The summed E-state index contributed by atoms with van der Waals surface area (Å²) in [5.41, 5.74) is 1.34. The molecule has 0 aromatic carbocycles. The van der Waals surface area contributed by atoms with Gasteiger partial charge < -0.3 is 15.1 Å². The van der Waals surface area contributed by atoms with Crippen LogP contribution in [-0.2, 0) is 9.59 Å². The highest BCUT2D eigenvalue weighted by molar-refractivity contribution is 8.00. The van der Waals surface area contributed by atoms with Crippen LogP contribution >= 0.6 is 23.5 Å². The fourth-order valence-electron chi connectivity index (χ4n) is 4.62. The van der Waals surface area contributed by atoms with E-state index in [4.69, 9.17) is 28.5 Å². The number of carboxylic acid groups (broad SMARTS) is 2. The van der Waals surface area contributed by atoms with Gasteiger partial charge in [-0.2, -0.15) is 8.75 Å². The number of carbonyl (C=O) groups is 2. The Labute approximate surface area is 200 Å². The maximum atomic E-state index is 9.10. The highest BCUT2D eigenvalue weighted by Crippen LogP contribution is 2.43. The largest absolute Gasteiger partial charge is 0.473 e. The molecule has 0 radical (unpaired) electrons. The van der Waals surface area contributed by atoms with Crippen LogP contribution in [0.4, 0.5) is 0 Å². The second kappa shape index (κ2) is 14.2. The van der Waals surface area contributed by atoms with Gasteiger partial charge in [0.1, 0.15) is 5.03 Å². The molecule has 0 aliphatic carbocycles. The van der Waals surface area contributed by atoms with Crippen molar-refractivity contribution in [2.75, 3.05) is 19.6 Å². The fourth-order valence-corrected chi connectivity index (χ4v) is 6.63. The summed E-state index contributed by atoms with van der Waals surface area (Å²) >= 11 is 3.48. The first-order chi connectivity index (χ1) is 15.3. The molecule has 4 atom stereocenters. The third kappa shape index (κ3) is 8.63. The molecule has 0 amide bonds. The van der Waals surface area contributed by atoms with Gasteiger partial charge in [-0.1, -0.05) is 71.1 Å². The molecule has 7 nitrogen and oxygen atoms in total. The third-order valence-corrected chi connectivity index (χ3v) is 8.70. The Morgan fingerprint density at radius 2 is 1.78 bits per heavy atom. The van der Waals surface area contributed by atoms with Crippen molar-refractivity contribution in [3.05, 3.63) is 5.69 Å². The number of unbranched alkanes of at least 4 members (excludes halogenated alkanes) is 5. The van der Waals surface area contributed by atoms with Gasteiger partial charge in [0.25, 0.3) is 0 Å². The Hall–Kier alpha value is -1.19. The van der Waals surface area contributed by atoms with Crippen molar-refractivity contribution in [1.82, 2.24) is 13.6 Å². The van der Waals surface area contributed by atoms with Gasteiger partial charge >= 0.3 is 11.9 Å². The summed E-state index contributed by atoms with van der Waals surface area (Å²) in [5.74, 6) is -1.48. The summed E-state index contributed by atoms with van der Waals surface area (Å²) in [6.07, 6.45) is 12.4. The first-order valence-electron chi connectivity index (χ1n) is 12.0. The van der Waals surface area contributed by atoms with Crippen LogP contribution in [-0.4, -0.2) is 60.7 Å². The van der Waals surface area contributed by atoms with E-state index in [1.54, 1.807) is 0 Å². The number of thioether (sulfide) groups is 1. The molecule has 2 fully saturated rings. The third-order valence-electron chi connectivity index (χ3n) is 6.43. The highest BCUT2D eigenvalue weighted by Gasteiger charge is 2.39. The van der Waals surface area contributed by atoms with Crippen molar-refractivity contribution in [3.63, 3.8) is 0 Å². The Kier molecular flexibility index (Phi) is 12.0. The van der Waals surface area contributed by atoms with E-state index in [-0.39, 0.29) is 0 Å². The molecule has 2 saturated heterocycles. The van der Waals surface area contributed by atoms with Crippen LogP contribution in [0.25, 0.3) is 0 Å². The van der Waals surface area contributed by atoms with Gasteiger partial charge in [-0.15, -0.1) is 0 Å². The second-order valence-electron chi connectivity index (χ2n) is 9.29. The van der Waals surface area contributed by atoms with Crippen LogP contribution in [0, 0.1) is 11.8 Å². The van der Waals surface area contributed by atoms with Crippen molar-refractivity contribution < 1.29 is 19.8 Å². The quantitative estimate of drug-likeness (QED) is 0.245. The number of aromatic nitrogens is 2. The molecular weight excluding hydrogens is 446 g/mol. The van der Waals surface area contributed by atoms with Crippen LogP contribution < -0.4 is 0 Å². The smallest absolute Gasteiger partial charge is 0.414 e. The van der Waals surface area contributed by atoms with Crippen molar-refractivity contribution in [2.24, 2.45) is 11.8 Å². The van der Waals surface area contributed by atoms with Gasteiger partial charge in [-0.3, -0.25) is 0 Å². The molecule has 182 valence electrons. The van der Waals surface area contributed by atoms with E-state index < -0.39 is 11.9 Å². The number of nitrogens with zero attached hydrogens (tertiary/aromatic N) is 3. The predicted octanol–water partition coefficient (Wildman–Crippen LogP) is 5.37.